The lowest BCUT2D eigenvalue weighted by Crippen LogP contribution is -2.49. The van der Waals surface area contributed by atoms with Crippen LogP contribution in [0.15, 0.2) is 42.5 Å². The van der Waals surface area contributed by atoms with E-state index in [9.17, 15) is 9.90 Å². The van der Waals surface area contributed by atoms with Crippen LogP contribution in [-0.4, -0.2) is 52.5 Å². The van der Waals surface area contributed by atoms with Gasteiger partial charge in [0.25, 0.3) is 5.91 Å². The van der Waals surface area contributed by atoms with Gasteiger partial charge in [0.15, 0.2) is 0 Å². The number of benzene rings is 2. The fourth-order valence-electron chi connectivity index (χ4n) is 5.01. The molecule has 1 saturated heterocycles. The zero-order valence-electron chi connectivity index (χ0n) is 19.2. The number of aromatic nitrogens is 2. The van der Waals surface area contributed by atoms with E-state index in [1.54, 1.807) is 6.07 Å². The van der Waals surface area contributed by atoms with Gasteiger partial charge >= 0.3 is 0 Å². The number of fused-ring (bicyclic) bond motifs is 2. The van der Waals surface area contributed by atoms with E-state index in [0.29, 0.717) is 17.1 Å². The summed E-state index contributed by atoms with van der Waals surface area (Å²) in [7, 11) is 0. The minimum absolute atomic E-state index is 0. The number of rotatable bonds is 5. The van der Waals surface area contributed by atoms with Crippen LogP contribution >= 0.6 is 24.8 Å². The number of aliphatic hydroxyl groups is 1. The van der Waals surface area contributed by atoms with Crippen molar-refractivity contribution in [2.75, 3.05) is 19.8 Å². The van der Waals surface area contributed by atoms with Gasteiger partial charge in [-0.3, -0.25) is 4.79 Å². The summed E-state index contributed by atoms with van der Waals surface area (Å²) in [6.45, 7) is 4.42. The number of aryl methyl sites for hydroxylation is 1. The van der Waals surface area contributed by atoms with Gasteiger partial charge < -0.3 is 25.0 Å². The van der Waals surface area contributed by atoms with Crippen LogP contribution < -0.4 is 10.6 Å². The summed E-state index contributed by atoms with van der Waals surface area (Å²) < 4.78 is 7.75. The first-order valence-corrected chi connectivity index (χ1v) is 11.4. The Bertz CT molecular complexity index is 1130. The summed E-state index contributed by atoms with van der Waals surface area (Å²) in [6, 6.07) is 14.3. The van der Waals surface area contributed by atoms with Gasteiger partial charge in [-0.2, -0.15) is 0 Å². The quantitative estimate of drug-likeness (QED) is 0.493. The third-order valence-corrected chi connectivity index (χ3v) is 6.75. The molecule has 2 aromatic carbocycles. The normalized spacial score (nSPS) is 18.9. The van der Waals surface area contributed by atoms with E-state index in [-0.39, 0.29) is 43.3 Å². The zero-order valence-corrected chi connectivity index (χ0v) is 20.8. The highest BCUT2D eigenvalue weighted by Gasteiger charge is 2.26. The summed E-state index contributed by atoms with van der Waals surface area (Å²) >= 11 is 0. The van der Waals surface area contributed by atoms with E-state index in [1.165, 1.54) is 11.1 Å². The van der Waals surface area contributed by atoms with E-state index in [2.05, 4.69) is 27.3 Å². The Morgan fingerprint density at radius 2 is 1.91 bits per heavy atom. The molecule has 1 fully saturated rings. The third-order valence-electron chi connectivity index (χ3n) is 6.75. The highest BCUT2D eigenvalue weighted by atomic mass is 35.5. The lowest BCUT2D eigenvalue weighted by atomic mass is 9.93. The number of halogens is 2. The SMILES string of the molecule is Cc1nc2c(C(=O)NCC(O)[C@@H]3Cc4ccccc4CN3)cccc2n1C1CCOCC1.Cl.Cl. The van der Waals surface area contributed by atoms with E-state index in [0.717, 1.165) is 50.4 Å². The first-order chi connectivity index (χ1) is 15.6. The number of imidazole rings is 1. The zero-order chi connectivity index (χ0) is 22.1. The van der Waals surface area contributed by atoms with Crippen molar-refractivity contribution in [3.8, 4) is 0 Å². The lowest BCUT2D eigenvalue weighted by Gasteiger charge is -2.30. The number of nitrogens with zero attached hydrogens (tertiary/aromatic N) is 2. The Morgan fingerprint density at radius 3 is 2.68 bits per heavy atom. The third kappa shape index (κ3) is 5.24. The van der Waals surface area contributed by atoms with Crippen LogP contribution in [0.1, 0.15) is 46.2 Å². The number of hydrogen-bond donors (Lipinski definition) is 3. The van der Waals surface area contributed by atoms with E-state index < -0.39 is 6.10 Å². The minimum Gasteiger partial charge on any atom is -0.390 e. The average Bonchev–Trinajstić information content (AvgIpc) is 3.18. The molecule has 3 N–H and O–H groups in total. The molecule has 0 saturated carbocycles. The highest BCUT2D eigenvalue weighted by molar-refractivity contribution is 6.05. The number of para-hydroxylation sites is 1. The van der Waals surface area contributed by atoms with Crippen molar-refractivity contribution < 1.29 is 14.6 Å². The summed E-state index contributed by atoms with van der Waals surface area (Å²) in [6.07, 6.45) is 1.98. The molecular formula is C25H32Cl2N4O3. The monoisotopic (exact) mass is 506 g/mol. The number of carbonyl (C=O) groups is 1. The molecule has 1 unspecified atom stereocenters. The van der Waals surface area contributed by atoms with Crippen molar-refractivity contribution in [3.63, 3.8) is 0 Å². The van der Waals surface area contributed by atoms with Gasteiger partial charge in [0, 0.05) is 38.4 Å². The van der Waals surface area contributed by atoms with Gasteiger partial charge in [-0.25, -0.2) is 4.98 Å². The van der Waals surface area contributed by atoms with Gasteiger partial charge in [0.2, 0.25) is 0 Å². The molecule has 2 atom stereocenters. The average molecular weight is 507 g/mol. The predicted molar refractivity (Wildman–Crippen MR) is 137 cm³/mol. The predicted octanol–water partition coefficient (Wildman–Crippen LogP) is 3.35. The lowest BCUT2D eigenvalue weighted by molar-refractivity contribution is 0.0701. The van der Waals surface area contributed by atoms with Crippen molar-refractivity contribution in [1.29, 1.82) is 0 Å². The van der Waals surface area contributed by atoms with E-state index >= 15 is 0 Å². The molecule has 7 nitrogen and oxygen atoms in total. The van der Waals surface area contributed by atoms with E-state index in [4.69, 9.17) is 9.72 Å². The molecule has 34 heavy (non-hydrogen) atoms. The van der Waals surface area contributed by atoms with Crippen molar-refractivity contribution in [2.24, 2.45) is 0 Å². The molecule has 1 amide bonds. The second-order valence-electron chi connectivity index (χ2n) is 8.78. The molecule has 2 aliphatic rings. The van der Waals surface area contributed by atoms with Crippen LogP contribution in [0.4, 0.5) is 0 Å². The number of nitrogens with one attached hydrogen (secondary N) is 2. The number of carbonyl (C=O) groups excluding carboxylic acids is 1. The molecule has 3 aromatic rings. The van der Waals surface area contributed by atoms with Crippen LogP contribution in [-0.2, 0) is 17.7 Å². The highest BCUT2D eigenvalue weighted by Crippen LogP contribution is 2.29. The molecule has 0 aliphatic carbocycles. The number of aliphatic hydroxyl groups excluding tert-OH is 1. The summed E-state index contributed by atoms with van der Waals surface area (Å²) in [5.41, 5.74) is 4.76. The largest absolute Gasteiger partial charge is 0.390 e. The van der Waals surface area contributed by atoms with Gasteiger partial charge in [-0.1, -0.05) is 30.3 Å². The second kappa shape index (κ2) is 11.5. The van der Waals surface area contributed by atoms with E-state index in [1.807, 2.05) is 31.2 Å². The van der Waals surface area contributed by atoms with Crippen molar-refractivity contribution in [2.45, 2.75) is 50.9 Å². The van der Waals surface area contributed by atoms with Gasteiger partial charge in [-0.05, 0) is 49.4 Å². The second-order valence-corrected chi connectivity index (χ2v) is 8.78. The maximum absolute atomic E-state index is 13.0. The summed E-state index contributed by atoms with van der Waals surface area (Å²) in [5, 5.41) is 17.0. The van der Waals surface area contributed by atoms with Crippen LogP contribution in [0, 0.1) is 6.92 Å². The first-order valence-electron chi connectivity index (χ1n) is 11.4. The molecule has 0 radical (unpaired) electrons. The maximum Gasteiger partial charge on any atom is 0.253 e. The van der Waals surface area contributed by atoms with Gasteiger partial charge in [0.05, 0.1) is 17.2 Å². The Hall–Kier alpha value is -2.16. The van der Waals surface area contributed by atoms with Crippen LogP contribution in [0.2, 0.25) is 0 Å². The first kappa shape index (κ1) is 26.4. The molecule has 5 rings (SSSR count). The number of amides is 1. The van der Waals surface area contributed by atoms with Crippen LogP contribution in [0.5, 0.6) is 0 Å². The fourth-order valence-corrected chi connectivity index (χ4v) is 5.01. The van der Waals surface area contributed by atoms with Crippen LogP contribution in [0.3, 0.4) is 0 Å². The Morgan fingerprint density at radius 1 is 1.18 bits per heavy atom. The van der Waals surface area contributed by atoms with Gasteiger partial charge in [-0.15, -0.1) is 24.8 Å². The fraction of sp³-hybridized carbons (Fsp3) is 0.440. The maximum atomic E-state index is 13.0. The molecule has 3 heterocycles. The Kier molecular flexibility index (Phi) is 8.95. The molecule has 0 spiro atoms. The molecule has 2 aliphatic heterocycles. The van der Waals surface area contributed by atoms with Crippen LogP contribution in [0.25, 0.3) is 11.0 Å². The smallest absolute Gasteiger partial charge is 0.253 e. The standard InChI is InChI=1S/C25H30N4O3.2ClH/c1-16-28-24-20(7-4-8-22(24)29(16)19-9-11-32-12-10-19)25(31)27-15-23(30)21-13-17-5-2-3-6-18(17)14-26-21;;/h2-8,19,21,23,26,30H,9-15H2,1H3,(H,27,31);2*1H/t21-,23?;;/m0../s1. The number of hydrogen-bond acceptors (Lipinski definition) is 5. The molecular weight excluding hydrogens is 475 g/mol. The topological polar surface area (TPSA) is 88.4 Å². The van der Waals surface area contributed by atoms with Crippen molar-refractivity contribution >= 4 is 41.8 Å². The number of ether oxygens (including phenoxy) is 1. The Labute approximate surface area is 212 Å². The molecule has 1 aromatic heterocycles. The summed E-state index contributed by atoms with van der Waals surface area (Å²) in [5.74, 6) is 0.708. The molecule has 184 valence electrons. The molecule has 9 heteroatoms. The van der Waals surface area contributed by atoms with Crippen molar-refractivity contribution in [1.82, 2.24) is 20.2 Å². The molecule has 0 bridgehead atoms. The minimum atomic E-state index is -0.673. The van der Waals surface area contributed by atoms with Gasteiger partial charge in [0.1, 0.15) is 11.3 Å². The summed E-state index contributed by atoms with van der Waals surface area (Å²) in [4.78, 5) is 17.8. The Balaban J connectivity index is 0.00000162. The van der Waals surface area contributed by atoms with Crippen molar-refractivity contribution in [3.05, 3.63) is 65.0 Å².